The van der Waals surface area contributed by atoms with Crippen LogP contribution in [0.2, 0.25) is 0 Å². The van der Waals surface area contributed by atoms with Crippen LogP contribution in [-0.4, -0.2) is 21.9 Å². The van der Waals surface area contributed by atoms with Crippen molar-refractivity contribution in [3.05, 3.63) is 26.9 Å². The van der Waals surface area contributed by atoms with Crippen LogP contribution in [-0.2, 0) is 0 Å². The van der Waals surface area contributed by atoms with Gasteiger partial charge in [-0.15, -0.1) is 21.5 Å². The number of amides is 1. The van der Waals surface area contributed by atoms with Crippen molar-refractivity contribution in [2.24, 2.45) is 0 Å². The van der Waals surface area contributed by atoms with Gasteiger partial charge in [0.25, 0.3) is 5.91 Å². The molecule has 1 amide bonds. The average molecular weight is 293 g/mol. The number of Topliss-reactive ketones (excluding diaryl/α,β-unsaturated/α-hetero) is 1. The summed E-state index contributed by atoms with van der Waals surface area (Å²) in [6, 6.07) is 3.32. The summed E-state index contributed by atoms with van der Waals surface area (Å²) in [6.07, 6.45) is 2.32. The number of hydrogen-bond donors (Lipinski definition) is 1. The van der Waals surface area contributed by atoms with Crippen molar-refractivity contribution in [1.82, 2.24) is 10.2 Å². The fourth-order valence-corrected chi connectivity index (χ4v) is 3.29. The molecule has 0 atom stereocenters. The lowest BCUT2D eigenvalue weighted by atomic mass is 10.3. The number of nitrogens with zero attached hydrogens (tertiary/aromatic N) is 2. The van der Waals surface area contributed by atoms with Crippen LogP contribution in [0.5, 0.6) is 0 Å². The molecule has 0 aromatic carbocycles. The number of nitrogens with one attached hydrogen (secondary N) is 1. The van der Waals surface area contributed by atoms with Crippen molar-refractivity contribution in [1.29, 1.82) is 0 Å². The van der Waals surface area contributed by atoms with Crippen molar-refractivity contribution in [2.45, 2.75) is 25.7 Å². The van der Waals surface area contributed by atoms with E-state index in [1.54, 1.807) is 12.1 Å². The van der Waals surface area contributed by atoms with Gasteiger partial charge in [-0.3, -0.25) is 14.9 Å². The summed E-state index contributed by atoms with van der Waals surface area (Å²) in [4.78, 5) is 24.2. The van der Waals surface area contributed by atoms with Crippen LogP contribution in [0, 0.1) is 0 Å². The first-order valence-corrected chi connectivity index (χ1v) is 7.52. The number of ketones is 1. The molecule has 1 saturated carbocycles. The van der Waals surface area contributed by atoms with Crippen molar-refractivity contribution in [3.63, 3.8) is 0 Å². The molecule has 0 unspecified atom stereocenters. The van der Waals surface area contributed by atoms with Crippen LogP contribution < -0.4 is 5.32 Å². The van der Waals surface area contributed by atoms with E-state index in [-0.39, 0.29) is 11.7 Å². The Balaban J connectivity index is 1.70. The monoisotopic (exact) mass is 293 g/mol. The first kappa shape index (κ1) is 12.4. The van der Waals surface area contributed by atoms with Crippen LogP contribution in [0.4, 0.5) is 5.13 Å². The standard InChI is InChI=1S/C12H11N3O2S2/c1-6(16)8-4-5-9(18-8)10(17)13-12-15-14-11(19-12)7-2-3-7/h4-5,7H,2-3H2,1H3,(H,13,15,17). The highest BCUT2D eigenvalue weighted by atomic mass is 32.1. The van der Waals surface area contributed by atoms with Gasteiger partial charge in [-0.1, -0.05) is 11.3 Å². The summed E-state index contributed by atoms with van der Waals surface area (Å²) in [5.74, 6) is 0.265. The third-order valence-corrected chi connectivity index (χ3v) is 4.95. The zero-order valence-corrected chi connectivity index (χ0v) is 11.8. The molecule has 0 radical (unpaired) electrons. The largest absolute Gasteiger partial charge is 0.296 e. The summed E-state index contributed by atoms with van der Waals surface area (Å²) in [5.41, 5.74) is 0. The molecule has 19 heavy (non-hydrogen) atoms. The topological polar surface area (TPSA) is 72.0 Å². The minimum Gasteiger partial charge on any atom is -0.296 e. The molecule has 7 heteroatoms. The first-order valence-electron chi connectivity index (χ1n) is 5.89. The second-order valence-electron chi connectivity index (χ2n) is 4.39. The molecule has 1 aliphatic carbocycles. The Kier molecular flexibility index (Phi) is 3.16. The molecule has 98 valence electrons. The number of rotatable bonds is 4. The molecule has 1 aliphatic rings. The highest BCUT2D eigenvalue weighted by Crippen LogP contribution is 2.42. The zero-order chi connectivity index (χ0) is 13.4. The van der Waals surface area contributed by atoms with E-state index in [1.807, 2.05) is 0 Å². The van der Waals surface area contributed by atoms with Crippen molar-refractivity contribution in [3.8, 4) is 0 Å². The fourth-order valence-electron chi connectivity index (χ4n) is 1.59. The van der Waals surface area contributed by atoms with Gasteiger partial charge in [0.15, 0.2) is 5.78 Å². The number of carbonyl (C=O) groups is 2. The summed E-state index contributed by atoms with van der Waals surface area (Å²) in [5, 5.41) is 12.2. The molecule has 0 bridgehead atoms. The predicted molar refractivity (Wildman–Crippen MR) is 74.2 cm³/mol. The molecule has 2 aromatic heterocycles. The summed E-state index contributed by atoms with van der Waals surface area (Å²) in [7, 11) is 0. The van der Waals surface area contributed by atoms with Crippen molar-refractivity contribution >= 4 is 39.5 Å². The van der Waals surface area contributed by atoms with Gasteiger partial charge < -0.3 is 0 Å². The molecule has 3 rings (SSSR count). The van der Waals surface area contributed by atoms with E-state index in [9.17, 15) is 9.59 Å². The second kappa shape index (κ2) is 4.82. The Labute approximate surface area is 117 Å². The number of carbonyl (C=O) groups excluding carboxylic acids is 2. The molecule has 2 heterocycles. The quantitative estimate of drug-likeness (QED) is 0.880. The van der Waals surface area contributed by atoms with Crippen LogP contribution >= 0.6 is 22.7 Å². The Morgan fingerprint density at radius 2 is 1.95 bits per heavy atom. The third-order valence-electron chi connectivity index (χ3n) is 2.76. The minimum absolute atomic E-state index is 0.0315. The Hall–Kier alpha value is -1.60. The Morgan fingerprint density at radius 3 is 2.58 bits per heavy atom. The molecule has 0 aliphatic heterocycles. The fraction of sp³-hybridized carbons (Fsp3) is 0.333. The van der Waals surface area contributed by atoms with Crippen molar-refractivity contribution in [2.75, 3.05) is 5.32 Å². The maximum Gasteiger partial charge on any atom is 0.267 e. The smallest absolute Gasteiger partial charge is 0.267 e. The Bertz CT molecular complexity index is 643. The normalized spacial score (nSPS) is 14.4. The van der Waals surface area contributed by atoms with Crippen LogP contribution in [0.25, 0.3) is 0 Å². The lowest BCUT2D eigenvalue weighted by Crippen LogP contribution is -2.09. The van der Waals surface area contributed by atoms with Gasteiger partial charge in [0.1, 0.15) is 5.01 Å². The number of aromatic nitrogens is 2. The molecule has 1 fully saturated rings. The van der Waals surface area contributed by atoms with Gasteiger partial charge in [0.05, 0.1) is 9.75 Å². The SMILES string of the molecule is CC(=O)c1ccc(C(=O)Nc2nnc(C3CC3)s2)s1. The van der Waals surface area contributed by atoms with E-state index in [0.717, 1.165) is 17.8 Å². The van der Waals surface area contributed by atoms with Gasteiger partial charge in [-0.25, -0.2) is 0 Å². The molecule has 5 nitrogen and oxygen atoms in total. The highest BCUT2D eigenvalue weighted by Gasteiger charge is 2.27. The summed E-state index contributed by atoms with van der Waals surface area (Å²) < 4.78 is 0. The zero-order valence-electron chi connectivity index (χ0n) is 10.2. The Morgan fingerprint density at radius 1 is 1.21 bits per heavy atom. The number of hydrogen-bond acceptors (Lipinski definition) is 6. The summed E-state index contributed by atoms with van der Waals surface area (Å²) in [6.45, 7) is 1.49. The van der Waals surface area contributed by atoms with Gasteiger partial charge in [0.2, 0.25) is 5.13 Å². The molecular formula is C12H11N3O2S2. The van der Waals surface area contributed by atoms with Crippen LogP contribution in [0.3, 0.4) is 0 Å². The van der Waals surface area contributed by atoms with E-state index < -0.39 is 0 Å². The van der Waals surface area contributed by atoms with Gasteiger partial charge in [0, 0.05) is 5.92 Å². The van der Waals surface area contributed by atoms with E-state index >= 15 is 0 Å². The maximum atomic E-state index is 12.0. The van der Waals surface area contributed by atoms with Gasteiger partial charge in [-0.2, -0.15) is 0 Å². The van der Waals surface area contributed by atoms with Crippen LogP contribution in [0.15, 0.2) is 12.1 Å². The molecule has 2 aromatic rings. The molecular weight excluding hydrogens is 282 g/mol. The lowest BCUT2D eigenvalue weighted by molar-refractivity contribution is 0.101. The van der Waals surface area contributed by atoms with Gasteiger partial charge >= 0.3 is 0 Å². The molecule has 1 N–H and O–H groups in total. The average Bonchev–Trinajstić information content (AvgIpc) is 2.92. The molecule has 0 spiro atoms. The van der Waals surface area contributed by atoms with E-state index in [4.69, 9.17) is 0 Å². The van der Waals surface area contributed by atoms with Crippen LogP contribution in [0.1, 0.15) is 50.0 Å². The van der Waals surface area contributed by atoms with E-state index in [0.29, 0.717) is 20.8 Å². The van der Waals surface area contributed by atoms with E-state index in [1.165, 1.54) is 29.6 Å². The van der Waals surface area contributed by atoms with E-state index in [2.05, 4.69) is 15.5 Å². The highest BCUT2D eigenvalue weighted by molar-refractivity contribution is 7.17. The van der Waals surface area contributed by atoms with Gasteiger partial charge in [-0.05, 0) is 31.9 Å². The lowest BCUT2D eigenvalue weighted by Gasteiger charge is -1.96. The number of thiophene rings is 1. The summed E-state index contributed by atoms with van der Waals surface area (Å²) >= 11 is 2.61. The second-order valence-corrected chi connectivity index (χ2v) is 6.49. The predicted octanol–water partition coefficient (Wildman–Crippen LogP) is 2.93. The first-order chi connectivity index (χ1) is 9.13. The minimum atomic E-state index is -0.240. The molecule has 0 saturated heterocycles. The number of anilines is 1. The third kappa shape index (κ3) is 2.71. The van der Waals surface area contributed by atoms with Crippen molar-refractivity contribution < 1.29 is 9.59 Å². The maximum absolute atomic E-state index is 12.0.